The van der Waals surface area contributed by atoms with E-state index >= 15 is 0 Å². The molecule has 92 valence electrons. The quantitative estimate of drug-likeness (QED) is 0.582. The highest BCUT2D eigenvalue weighted by atomic mass is 16.5. The molecule has 1 N–H and O–H groups in total. The van der Waals surface area contributed by atoms with Crippen molar-refractivity contribution in [3.63, 3.8) is 0 Å². The van der Waals surface area contributed by atoms with Crippen molar-refractivity contribution < 1.29 is 19.4 Å². The molecular formula is C13H16O4. The van der Waals surface area contributed by atoms with Crippen molar-refractivity contribution in [3.05, 3.63) is 42.0 Å². The molecule has 0 saturated carbocycles. The third kappa shape index (κ3) is 5.73. The highest BCUT2D eigenvalue weighted by Gasteiger charge is 1.97. The maximum Gasteiger partial charge on any atom is 0.331 e. The van der Waals surface area contributed by atoms with Gasteiger partial charge >= 0.3 is 5.97 Å². The van der Waals surface area contributed by atoms with E-state index in [1.165, 1.54) is 13.0 Å². The van der Waals surface area contributed by atoms with Gasteiger partial charge in [0.25, 0.3) is 0 Å². The molecular weight excluding hydrogens is 220 g/mol. The molecule has 0 heterocycles. The Morgan fingerprint density at radius 3 is 2.65 bits per heavy atom. The van der Waals surface area contributed by atoms with Crippen LogP contribution < -0.4 is 4.74 Å². The number of hydrogen-bond donors (Lipinski definition) is 1. The van der Waals surface area contributed by atoms with Gasteiger partial charge in [-0.3, -0.25) is 0 Å². The normalized spacial score (nSPS) is 11.2. The molecule has 0 fully saturated rings. The summed E-state index contributed by atoms with van der Waals surface area (Å²) in [7, 11) is 0. The SMILES string of the molecule is CC(=CCOCCOc1ccccc1)C(=O)O. The molecule has 0 saturated heterocycles. The van der Waals surface area contributed by atoms with Crippen LogP contribution in [0.1, 0.15) is 6.92 Å². The van der Waals surface area contributed by atoms with E-state index in [0.29, 0.717) is 13.2 Å². The van der Waals surface area contributed by atoms with Crippen LogP contribution in [0.2, 0.25) is 0 Å². The number of ether oxygens (including phenoxy) is 2. The molecule has 0 spiro atoms. The maximum absolute atomic E-state index is 10.5. The van der Waals surface area contributed by atoms with Crippen LogP contribution >= 0.6 is 0 Å². The molecule has 4 heteroatoms. The first-order chi connectivity index (χ1) is 8.20. The fourth-order valence-corrected chi connectivity index (χ4v) is 1.09. The van der Waals surface area contributed by atoms with Gasteiger partial charge in [0.15, 0.2) is 0 Å². The Bertz CT molecular complexity index is 370. The predicted molar refractivity (Wildman–Crippen MR) is 64.1 cm³/mol. The fraction of sp³-hybridized carbons (Fsp3) is 0.308. The molecule has 0 atom stereocenters. The summed E-state index contributed by atoms with van der Waals surface area (Å²) >= 11 is 0. The van der Waals surface area contributed by atoms with Gasteiger partial charge in [-0.15, -0.1) is 0 Å². The Balaban J connectivity index is 2.10. The minimum atomic E-state index is -0.922. The smallest absolute Gasteiger partial charge is 0.331 e. The topological polar surface area (TPSA) is 55.8 Å². The highest BCUT2D eigenvalue weighted by Crippen LogP contribution is 2.07. The zero-order valence-corrected chi connectivity index (χ0v) is 9.76. The number of para-hydroxylation sites is 1. The van der Waals surface area contributed by atoms with E-state index in [1.807, 2.05) is 30.3 Å². The van der Waals surface area contributed by atoms with Crippen molar-refractivity contribution in [3.8, 4) is 5.75 Å². The van der Waals surface area contributed by atoms with E-state index in [0.717, 1.165) is 5.75 Å². The Hall–Kier alpha value is -1.81. The fourth-order valence-electron chi connectivity index (χ4n) is 1.09. The van der Waals surface area contributed by atoms with Crippen molar-refractivity contribution >= 4 is 5.97 Å². The summed E-state index contributed by atoms with van der Waals surface area (Å²) in [5.74, 6) is -0.123. The number of benzene rings is 1. The number of carboxylic acid groups (broad SMARTS) is 1. The van der Waals surface area contributed by atoms with Crippen molar-refractivity contribution in [1.29, 1.82) is 0 Å². The Kier molecular flexibility index (Phi) is 5.82. The molecule has 0 aliphatic carbocycles. The standard InChI is InChI=1S/C13H16O4/c1-11(13(14)15)7-8-16-9-10-17-12-5-3-2-4-6-12/h2-7H,8-10H2,1H3,(H,14,15). The van der Waals surface area contributed by atoms with Gasteiger partial charge in [0, 0.05) is 5.57 Å². The average molecular weight is 236 g/mol. The van der Waals surface area contributed by atoms with Gasteiger partial charge in [-0.25, -0.2) is 4.79 Å². The third-order valence-corrected chi connectivity index (χ3v) is 2.08. The van der Waals surface area contributed by atoms with Gasteiger partial charge < -0.3 is 14.6 Å². The van der Waals surface area contributed by atoms with Crippen LogP contribution in [0.15, 0.2) is 42.0 Å². The molecule has 0 aliphatic rings. The Morgan fingerprint density at radius 1 is 1.29 bits per heavy atom. The van der Waals surface area contributed by atoms with E-state index in [-0.39, 0.29) is 12.2 Å². The average Bonchev–Trinajstić information content (AvgIpc) is 2.34. The summed E-state index contributed by atoms with van der Waals surface area (Å²) in [5, 5.41) is 8.58. The molecule has 0 bridgehead atoms. The van der Waals surface area contributed by atoms with E-state index < -0.39 is 5.97 Å². The van der Waals surface area contributed by atoms with Gasteiger partial charge in [0.1, 0.15) is 12.4 Å². The Labute approximate surface area is 100 Å². The lowest BCUT2D eigenvalue weighted by molar-refractivity contribution is -0.132. The monoisotopic (exact) mass is 236 g/mol. The molecule has 0 unspecified atom stereocenters. The van der Waals surface area contributed by atoms with Crippen LogP contribution in [0.25, 0.3) is 0 Å². The third-order valence-electron chi connectivity index (χ3n) is 2.08. The van der Waals surface area contributed by atoms with Crippen molar-refractivity contribution in [2.45, 2.75) is 6.92 Å². The molecule has 0 radical (unpaired) electrons. The summed E-state index contributed by atoms with van der Waals surface area (Å²) < 4.78 is 10.6. The van der Waals surface area contributed by atoms with Crippen molar-refractivity contribution in [2.24, 2.45) is 0 Å². The minimum Gasteiger partial charge on any atom is -0.491 e. The second-order valence-corrected chi connectivity index (χ2v) is 3.43. The maximum atomic E-state index is 10.5. The molecule has 0 aliphatic heterocycles. The van der Waals surface area contributed by atoms with Gasteiger partial charge in [-0.2, -0.15) is 0 Å². The van der Waals surface area contributed by atoms with Crippen LogP contribution in [-0.2, 0) is 9.53 Å². The summed E-state index contributed by atoms with van der Waals surface area (Å²) in [4.78, 5) is 10.5. The summed E-state index contributed by atoms with van der Waals surface area (Å²) in [6, 6.07) is 9.45. The lowest BCUT2D eigenvalue weighted by atomic mass is 10.3. The van der Waals surface area contributed by atoms with Crippen LogP contribution in [0.3, 0.4) is 0 Å². The predicted octanol–water partition coefficient (Wildman–Crippen LogP) is 2.11. The van der Waals surface area contributed by atoms with Gasteiger partial charge in [0.05, 0.1) is 13.2 Å². The molecule has 0 amide bonds. The van der Waals surface area contributed by atoms with Gasteiger partial charge in [0.2, 0.25) is 0 Å². The summed E-state index contributed by atoms with van der Waals surface area (Å²) in [6.07, 6.45) is 1.53. The second-order valence-electron chi connectivity index (χ2n) is 3.43. The van der Waals surface area contributed by atoms with E-state index in [1.54, 1.807) is 0 Å². The molecule has 1 rings (SSSR count). The number of aliphatic carboxylic acids is 1. The molecule has 1 aromatic carbocycles. The van der Waals surface area contributed by atoms with Crippen LogP contribution in [-0.4, -0.2) is 30.9 Å². The van der Waals surface area contributed by atoms with E-state index in [9.17, 15) is 4.79 Å². The van der Waals surface area contributed by atoms with Crippen molar-refractivity contribution in [2.75, 3.05) is 19.8 Å². The minimum absolute atomic E-state index is 0.286. The summed E-state index contributed by atoms with van der Waals surface area (Å²) in [5.41, 5.74) is 0.286. The van der Waals surface area contributed by atoms with E-state index in [4.69, 9.17) is 14.6 Å². The lowest BCUT2D eigenvalue weighted by Crippen LogP contribution is -2.07. The van der Waals surface area contributed by atoms with Gasteiger partial charge in [-0.05, 0) is 25.1 Å². The van der Waals surface area contributed by atoms with Crippen molar-refractivity contribution in [1.82, 2.24) is 0 Å². The zero-order valence-electron chi connectivity index (χ0n) is 9.76. The number of rotatable bonds is 7. The Morgan fingerprint density at radius 2 is 2.00 bits per heavy atom. The lowest BCUT2D eigenvalue weighted by Gasteiger charge is -2.05. The van der Waals surface area contributed by atoms with Gasteiger partial charge in [-0.1, -0.05) is 18.2 Å². The molecule has 0 aromatic heterocycles. The first kappa shape index (κ1) is 13.3. The summed E-state index contributed by atoms with van der Waals surface area (Å²) in [6.45, 7) is 2.70. The zero-order chi connectivity index (χ0) is 12.5. The van der Waals surface area contributed by atoms with Crippen LogP contribution in [0, 0.1) is 0 Å². The molecule has 1 aromatic rings. The molecule has 17 heavy (non-hydrogen) atoms. The largest absolute Gasteiger partial charge is 0.491 e. The molecule has 4 nitrogen and oxygen atoms in total. The second kappa shape index (κ2) is 7.46. The number of hydrogen-bond acceptors (Lipinski definition) is 3. The van der Waals surface area contributed by atoms with E-state index in [2.05, 4.69) is 0 Å². The number of carboxylic acids is 1. The van der Waals surface area contributed by atoms with Crippen LogP contribution in [0.5, 0.6) is 5.75 Å². The first-order valence-corrected chi connectivity index (χ1v) is 5.36. The van der Waals surface area contributed by atoms with Crippen LogP contribution in [0.4, 0.5) is 0 Å². The highest BCUT2D eigenvalue weighted by molar-refractivity contribution is 5.85. The first-order valence-electron chi connectivity index (χ1n) is 5.36. The number of carbonyl (C=O) groups is 1.